The summed E-state index contributed by atoms with van der Waals surface area (Å²) in [5.74, 6) is 5.47. The number of nitrogens with one attached hydrogen (secondary N) is 1. The van der Waals surface area contributed by atoms with Gasteiger partial charge in [0.05, 0.1) is 5.56 Å². The van der Waals surface area contributed by atoms with Crippen LogP contribution in [0.25, 0.3) is 0 Å². The Morgan fingerprint density at radius 2 is 1.86 bits per heavy atom. The second kappa shape index (κ2) is 8.76. The van der Waals surface area contributed by atoms with Crippen molar-refractivity contribution in [3.63, 3.8) is 0 Å². The normalized spacial score (nSPS) is 13.4. The van der Waals surface area contributed by atoms with Crippen molar-refractivity contribution in [1.82, 2.24) is 5.43 Å². The van der Waals surface area contributed by atoms with Gasteiger partial charge in [-0.15, -0.1) is 0 Å². The van der Waals surface area contributed by atoms with Crippen molar-refractivity contribution in [2.45, 2.75) is 57.7 Å². The molecule has 0 amide bonds. The van der Waals surface area contributed by atoms with Crippen molar-refractivity contribution < 1.29 is 13.2 Å². The zero-order chi connectivity index (χ0) is 15.9. The summed E-state index contributed by atoms with van der Waals surface area (Å²) in [5, 5.41) is 0. The standard InChI is InChI=1S/C15H22BrF3N2/c1-2-3-4-5-6-7-14(21-20)12-9-8-11(16)10-13(12)15(17,18)19/h8-10,14,21H,2-7,20H2,1H3. The summed E-state index contributed by atoms with van der Waals surface area (Å²) in [5.41, 5.74) is 2.11. The van der Waals surface area contributed by atoms with Crippen LogP contribution < -0.4 is 11.3 Å². The molecule has 0 heterocycles. The first-order chi connectivity index (χ1) is 9.90. The summed E-state index contributed by atoms with van der Waals surface area (Å²) >= 11 is 3.09. The van der Waals surface area contributed by atoms with Crippen LogP contribution in [0.1, 0.15) is 62.6 Å². The van der Waals surface area contributed by atoms with Gasteiger partial charge in [-0.3, -0.25) is 11.3 Å². The highest BCUT2D eigenvalue weighted by Crippen LogP contribution is 2.37. The van der Waals surface area contributed by atoms with Gasteiger partial charge in [-0.05, 0) is 24.1 Å². The third-order valence-corrected chi connectivity index (χ3v) is 3.99. The molecule has 0 aliphatic carbocycles. The summed E-state index contributed by atoms with van der Waals surface area (Å²) in [6.45, 7) is 2.13. The molecule has 3 N–H and O–H groups in total. The van der Waals surface area contributed by atoms with Gasteiger partial charge in [0.15, 0.2) is 0 Å². The molecular weight excluding hydrogens is 345 g/mol. The van der Waals surface area contributed by atoms with Crippen LogP contribution in [-0.4, -0.2) is 0 Å². The van der Waals surface area contributed by atoms with E-state index in [-0.39, 0.29) is 5.56 Å². The third kappa shape index (κ3) is 5.96. The van der Waals surface area contributed by atoms with Crippen LogP contribution in [0.2, 0.25) is 0 Å². The Morgan fingerprint density at radius 1 is 1.19 bits per heavy atom. The molecule has 0 bridgehead atoms. The largest absolute Gasteiger partial charge is 0.416 e. The molecule has 0 spiro atoms. The average Bonchev–Trinajstić information content (AvgIpc) is 2.42. The Balaban J connectivity index is 2.80. The minimum atomic E-state index is -4.38. The van der Waals surface area contributed by atoms with Crippen LogP contribution in [-0.2, 0) is 6.18 Å². The number of benzene rings is 1. The van der Waals surface area contributed by atoms with Crippen molar-refractivity contribution in [3.05, 3.63) is 33.8 Å². The Bertz CT molecular complexity index is 435. The molecule has 0 saturated heterocycles. The number of hydrogen-bond acceptors (Lipinski definition) is 2. The van der Waals surface area contributed by atoms with Gasteiger partial charge in [-0.2, -0.15) is 13.2 Å². The fourth-order valence-electron chi connectivity index (χ4n) is 2.36. The molecule has 0 aliphatic heterocycles. The predicted octanol–water partition coefficient (Wildman–Crippen LogP) is 5.33. The lowest BCUT2D eigenvalue weighted by Gasteiger charge is -2.21. The lowest BCUT2D eigenvalue weighted by atomic mass is 9.95. The maximum atomic E-state index is 13.1. The quantitative estimate of drug-likeness (QED) is 0.370. The van der Waals surface area contributed by atoms with Crippen molar-refractivity contribution >= 4 is 15.9 Å². The smallest absolute Gasteiger partial charge is 0.271 e. The van der Waals surface area contributed by atoms with Gasteiger partial charge < -0.3 is 0 Å². The number of hydrazine groups is 1. The first kappa shape index (κ1) is 18.5. The summed E-state index contributed by atoms with van der Waals surface area (Å²) in [4.78, 5) is 0. The Morgan fingerprint density at radius 3 is 2.43 bits per heavy atom. The van der Waals surface area contributed by atoms with Gasteiger partial charge >= 0.3 is 6.18 Å². The summed E-state index contributed by atoms with van der Waals surface area (Å²) < 4.78 is 39.8. The molecule has 120 valence electrons. The molecular formula is C15H22BrF3N2. The van der Waals surface area contributed by atoms with Gasteiger partial charge in [0.1, 0.15) is 0 Å². The van der Waals surface area contributed by atoms with Crippen LogP contribution in [0.15, 0.2) is 22.7 Å². The average molecular weight is 367 g/mol. The topological polar surface area (TPSA) is 38.0 Å². The lowest BCUT2D eigenvalue weighted by Crippen LogP contribution is -2.29. The summed E-state index contributed by atoms with van der Waals surface area (Å²) in [6, 6.07) is 3.74. The van der Waals surface area contributed by atoms with Crippen molar-refractivity contribution in [1.29, 1.82) is 0 Å². The Hall–Kier alpha value is -0.590. The number of hydrogen-bond donors (Lipinski definition) is 2. The second-order valence-corrected chi connectivity index (χ2v) is 6.07. The van der Waals surface area contributed by atoms with E-state index in [2.05, 4.69) is 28.3 Å². The molecule has 21 heavy (non-hydrogen) atoms. The second-order valence-electron chi connectivity index (χ2n) is 5.15. The molecule has 6 heteroatoms. The van der Waals surface area contributed by atoms with E-state index in [9.17, 15) is 13.2 Å². The minimum absolute atomic E-state index is 0.212. The number of unbranched alkanes of at least 4 members (excludes halogenated alkanes) is 4. The first-order valence-electron chi connectivity index (χ1n) is 7.23. The van der Waals surface area contributed by atoms with Crippen LogP contribution in [0, 0.1) is 0 Å². The summed E-state index contributed by atoms with van der Waals surface area (Å²) in [7, 11) is 0. The van der Waals surface area contributed by atoms with Gasteiger partial charge in [0.2, 0.25) is 0 Å². The first-order valence-corrected chi connectivity index (χ1v) is 8.02. The SMILES string of the molecule is CCCCCCCC(NN)c1ccc(Br)cc1C(F)(F)F. The maximum absolute atomic E-state index is 13.1. The molecule has 1 atom stereocenters. The molecule has 1 unspecified atom stereocenters. The number of nitrogens with two attached hydrogens (primary N) is 1. The van der Waals surface area contributed by atoms with E-state index >= 15 is 0 Å². The molecule has 1 aromatic carbocycles. The predicted molar refractivity (Wildman–Crippen MR) is 82.6 cm³/mol. The van der Waals surface area contributed by atoms with E-state index in [1.165, 1.54) is 6.07 Å². The van der Waals surface area contributed by atoms with Crippen LogP contribution in [0.3, 0.4) is 0 Å². The molecule has 1 aromatic rings. The monoisotopic (exact) mass is 366 g/mol. The van der Waals surface area contributed by atoms with Gasteiger partial charge in [-0.1, -0.05) is 61.0 Å². The van der Waals surface area contributed by atoms with Crippen LogP contribution >= 0.6 is 15.9 Å². The van der Waals surface area contributed by atoms with E-state index in [0.29, 0.717) is 10.9 Å². The van der Waals surface area contributed by atoms with Crippen molar-refractivity contribution in [2.24, 2.45) is 5.84 Å². The lowest BCUT2D eigenvalue weighted by molar-refractivity contribution is -0.138. The molecule has 2 nitrogen and oxygen atoms in total. The Labute approximate surface area is 132 Å². The molecule has 1 rings (SSSR count). The van der Waals surface area contributed by atoms with E-state index < -0.39 is 17.8 Å². The van der Waals surface area contributed by atoms with Crippen LogP contribution in [0.5, 0.6) is 0 Å². The maximum Gasteiger partial charge on any atom is 0.416 e. The van der Waals surface area contributed by atoms with Gasteiger partial charge in [-0.25, -0.2) is 0 Å². The highest BCUT2D eigenvalue weighted by Gasteiger charge is 2.35. The highest BCUT2D eigenvalue weighted by molar-refractivity contribution is 9.10. The number of halogens is 4. The zero-order valence-electron chi connectivity index (χ0n) is 12.1. The van der Waals surface area contributed by atoms with Crippen LogP contribution in [0.4, 0.5) is 13.2 Å². The molecule has 0 saturated carbocycles. The number of alkyl halides is 3. The van der Waals surface area contributed by atoms with E-state index in [4.69, 9.17) is 5.84 Å². The third-order valence-electron chi connectivity index (χ3n) is 3.49. The fraction of sp³-hybridized carbons (Fsp3) is 0.600. The highest BCUT2D eigenvalue weighted by atomic mass is 79.9. The molecule has 0 fully saturated rings. The van der Waals surface area contributed by atoms with E-state index in [1.807, 2.05) is 0 Å². The Kier molecular flexibility index (Phi) is 7.70. The van der Waals surface area contributed by atoms with E-state index in [0.717, 1.165) is 38.2 Å². The van der Waals surface area contributed by atoms with Gasteiger partial charge in [0.25, 0.3) is 0 Å². The molecule has 0 aliphatic rings. The minimum Gasteiger partial charge on any atom is -0.271 e. The van der Waals surface area contributed by atoms with Crippen molar-refractivity contribution in [3.8, 4) is 0 Å². The summed E-state index contributed by atoms with van der Waals surface area (Å²) in [6.07, 6.45) is 1.52. The van der Waals surface area contributed by atoms with E-state index in [1.54, 1.807) is 6.07 Å². The molecule has 0 aromatic heterocycles. The number of rotatable bonds is 8. The fourth-order valence-corrected chi connectivity index (χ4v) is 2.72. The van der Waals surface area contributed by atoms with Gasteiger partial charge in [0, 0.05) is 10.5 Å². The zero-order valence-corrected chi connectivity index (χ0v) is 13.7. The molecule has 0 radical (unpaired) electrons. The van der Waals surface area contributed by atoms with Crippen molar-refractivity contribution in [2.75, 3.05) is 0 Å².